The predicted molar refractivity (Wildman–Crippen MR) is 74.2 cm³/mol. The fourth-order valence-electron chi connectivity index (χ4n) is 2.49. The summed E-state index contributed by atoms with van der Waals surface area (Å²) in [5.41, 5.74) is 1.05. The number of hydrogen-bond acceptors (Lipinski definition) is 3. The van der Waals surface area contributed by atoms with Crippen LogP contribution >= 0.6 is 11.6 Å². The first-order valence-corrected chi connectivity index (χ1v) is 7.33. The standard InChI is InChI=1S/C15H19ClO3/c1-10-8-18-12-5-4-11(7-14(12)19-9-10)15(16)13-3-2-6-17-13/h4-5,7,10,13,15H,2-3,6,8-9H2,1H3. The Labute approximate surface area is 118 Å². The Morgan fingerprint density at radius 2 is 2.00 bits per heavy atom. The highest BCUT2D eigenvalue weighted by molar-refractivity contribution is 6.21. The molecule has 0 amide bonds. The largest absolute Gasteiger partial charge is 0.489 e. The van der Waals surface area contributed by atoms with Crippen LogP contribution in [0.15, 0.2) is 18.2 Å². The average Bonchev–Trinajstić information content (AvgIpc) is 2.90. The second-order valence-corrected chi connectivity index (χ2v) is 5.86. The van der Waals surface area contributed by atoms with Gasteiger partial charge in [-0.25, -0.2) is 0 Å². The molecule has 0 aliphatic carbocycles. The van der Waals surface area contributed by atoms with Crippen LogP contribution in [-0.2, 0) is 4.74 Å². The lowest BCUT2D eigenvalue weighted by molar-refractivity contribution is 0.107. The van der Waals surface area contributed by atoms with E-state index in [2.05, 4.69) is 6.92 Å². The Bertz CT molecular complexity index is 443. The Kier molecular flexibility index (Phi) is 3.85. The van der Waals surface area contributed by atoms with Crippen molar-refractivity contribution in [3.63, 3.8) is 0 Å². The van der Waals surface area contributed by atoms with Gasteiger partial charge in [0.2, 0.25) is 0 Å². The second-order valence-electron chi connectivity index (χ2n) is 5.39. The molecule has 1 aromatic rings. The molecule has 1 saturated heterocycles. The van der Waals surface area contributed by atoms with Crippen LogP contribution in [0.3, 0.4) is 0 Å². The minimum atomic E-state index is -0.114. The van der Waals surface area contributed by atoms with E-state index in [1.807, 2.05) is 18.2 Å². The van der Waals surface area contributed by atoms with E-state index in [0.29, 0.717) is 19.1 Å². The molecule has 3 rings (SSSR count). The summed E-state index contributed by atoms with van der Waals surface area (Å²) in [6.07, 6.45) is 2.24. The average molecular weight is 283 g/mol. The molecule has 3 atom stereocenters. The van der Waals surface area contributed by atoms with Crippen molar-refractivity contribution in [2.75, 3.05) is 19.8 Å². The number of benzene rings is 1. The molecule has 3 nitrogen and oxygen atoms in total. The third-order valence-electron chi connectivity index (χ3n) is 3.62. The SMILES string of the molecule is CC1COc2ccc(C(Cl)C3CCCO3)cc2OC1. The number of rotatable bonds is 2. The zero-order valence-electron chi connectivity index (χ0n) is 11.1. The fourth-order valence-corrected chi connectivity index (χ4v) is 2.82. The molecule has 0 spiro atoms. The molecule has 19 heavy (non-hydrogen) atoms. The van der Waals surface area contributed by atoms with Gasteiger partial charge in [0.25, 0.3) is 0 Å². The minimum Gasteiger partial charge on any atom is -0.489 e. The van der Waals surface area contributed by atoms with Crippen molar-refractivity contribution in [2.45, 2.75) is 31.2 Å². The molecule has 4 heteroatoms. The maximum absolute atomic E-state index is 6.50. The van der Waals surface area contributed by atoms with Crippen molar-refractivity contribution in [1.82, 2.24) is 0 Å². The van der Waals surface area contributed by atoms with Gasteiger partial charge in [-0.05, 0) is 30.5 Å². The van der Waals surface area contributed by atoms with Gasteiger partial charge in [-0.1, -0.05) is 13.0 Å². The molecular formula is C15H19ClO3. The van der Waals surface area contributed by atoms with Crippen molar-refractivity contribution in [2.24, 2.45) is 5.92 Å². The van der Waals surface area contributed by atoms with Crippen LogP contribution in [-0.4, -0.2) is 25.9 Å². The van der Waals surface area contributed by atoms with E-state index in [1.54, 1.807) is 0 Å². The Morgan fingerprint density at radius 3 is 2.74 bits per heavy atom. The lowest BCUT2D eigenvalue weighted by Crippen LogP contribution is -2.13. The van der Waals surface area contributed by atoms with Gasteiger partial charge < -0.3 is 14.2 Å². The molecule has 104 valence electrons. The van der Waals surface area contributed by atoms with E-state index < -0.39 is 0 Å². The van der Waals surface area contributed by atoms with E-state index >= 15 is 0 Å². The predicted octanol–water partition coefficient (Wildman–Crippen LogP) is 3.55. The van der Waals surface area contributed by atoms with Crippen molar-refractivity contribution in [3.05, 3.63) is 23.8 Å². The Hall–Kier alpha value is -0.930. The highest BCUT2D eigenvalue weighted by Gasteiger charge is 2.26. The monoisotopic (exact) mass is 282 g/mol. The Balaban J connectivity index is 1.80. The van der Waals surface area contributed by atoms with Gasteiger partial charge in [0.1, 0.15) is 0 Å². The van der Waals surface area contributed by atoms with Crippen LogP contribution in [0, 0.1) is 5.92 Å². The van der Waals surface area contributed by atoms with Crippen LogP contribution < -0.4 is 9.47 Å². The summed E-state index contributed by atoms with van der Waals surface area (Å²) < 4.78 is 17.2. The lowest BCUT2D eigenvalue weighted by atomic mass is 10.0. The third kappa shape index (κ3) is 2.82. The molecule has 1 aromatic carbocycles. The summed E-state index contributed by atoms with van der Waals surface area (Å²) in [4.78, 5) is 0. The molecule has 0 bridgehead atoms. The van der Waals surface area contributed by atoms with E-state index in [4.69, 9.17) is 25.8 Å². The van der Waals surface area contributed by atoms with Crippen molar-refractivity contribution in [3.8, 4) is 11.5 Å². The second kappa shape index (κ2) is 5.59. The summed E-state index contributed by atoms with van der Waals surface area (Å²) in [6.45, 7) is 4.31. The first-order valence-electron chi connectivity index (χ1n) is 6.89. The van der Waals surface area contributed by atoms with Gasteiger partial charge >= 0.3 is 0 Å². The molecule has 0 N–H and O–H groups in total. The Morgan fingerprint density at radius 1 is 1.21 bits per heavy atom. The maximum Gasteiger partial charge on any atom is 0.161 e. The first-order chi connectivity index (χ1) is 9.24. The number of alkyl halides is 1. The molecule has 2 aliphatic heterocycles. The quantitative estimate of drug-likeness (QED) is 0.777. The number of hydrogen-bond donors (Lipinski definition) is 0. The zero-order valence-corrected chi connectivity index (χ0v) is 11.9. The van der Waals surface area contributed by atoms with Gasteiger partial charge in [-0.15, -0.1) is 11.6 Å². The highest BCUT2D eigenvalue weighted by atomic mass is 35.5. The van der Waals surface area contributed by atoms with Crippen LogP contribution in [0.5, 0.6) is 11.5 Å². The summed E-state index contributed by atoms with van der Waals surface area (Å²) >= 11 is 6.50. The van der Waals surface area contributed by atoms with E-state index in [0.717, 1.165) is 36.5 Å². The van der Waals surface area contributed by atoms with Crippen LogP contribution in [0.1, 0.15) is 30.7 Å². The molecular weight excluding hydrogens is 264 g/mol. The maximum atomic E-state index is 6.50. The molecule has 1 fully saturated rings. The molecule has 2 aliphatic rings. The van der Waals surface area contributed by atoms with Crippen molar-refractivity contribution in [1.29, 1.82) is 0 Å². The third-order valence-corrected chi connectivity index (χ3v) is 4.16. The van der Waals surface area contributed by atoms with Crippen molar-refractivity contribution < 1.29 is 14.2 Å². The normalized spacial score (nSPS) is 27.9. The molecule has 0 aromatic heterocycles. The zero-order chi connectivity index (χ0) is 13.2. The van der Waals surface area contributed by atoms with Gasteiger partial charge in [-0.2, -0.15) is 0 Å². The molecule has 0 radical (unpaired) electrons. The summed E-state index contributed by atoms with van der Waals surface area (Å²) in [6, 6.07) is 5.96. The summed E-state index contributed by atoms with van der Waals surface area (Å²) in [5, 5.41) is -0.114. The van der Waals surface area contributed by atoms with Crippen LogP contribution in [0.25, 0.3) is 0 Å². The smallest absolute Gasteiger partial charge is 0.161 e. The van der Waals surface area contributed by atoms with Gasteiger partial charge in [0, 0.05) is 12.5 Å². The topological polar surface area (TPSA) is 27.7 Å². The number of fused-ring (bicyclic) bond motifs is 1. The van der Waals surface area contributed by atoms with Crippen LogP contribution in [0.4, 0.5) is 0 Å². The van der Waals surface area contributed by atoms with Crippen molar-refractivity contribution >= 4 is 11.6 Å². The molecule has 0 saturated carbocycles. The fraction of sp³-hybridized carbons (Fsp3) is 0.600. The van der Waals surface area contributed by atoms with Crippen LogP contribution in [0.2, 0.25) is 0 Å². The van der Waals surface area contributed by atoms with E-state index in [-0.39, 0.29) is 11.5 Å². The minimum absolute atomic E-state index is 0.114. The molecule has 2 heterocycles. The van der Waals surface area contributed by atoms with E-state index in [1.165, 1.54) is 0 Å². The summed E-state index contributed by atoms with van der Waals surface area (Å²) in [7, 11) is 0. The van der Waals surface area contributed by atoms with Gasteiger partial charge in [0.05, 0.1) is 24.7 Å². The molecule has 3 unspecified atom stereocenters. The number of ether oxygens (including phenoxy) is 3. The number of halogens is 1. The first kappa shape index (κ1) is 13.1. The van der Waals surface area contributed by atoms with Gasteiger partial charge in [-0.3, -0.25) is 0 Å². The summed E-state index contributed by atoms with van der Waals surface area (Å²) in [5.74, 6) is 2.01. The highest BCUT2D eigenvalue weighted by Crippen LogP contribution is 2.38. The van der Waals surface area contributed by atoms with Gasteiger partial charge in [0.15, 0.2) is 11.5 Å². The lowest BCUT2D eigenvalue weighted by Gasteiger charge is -2.18. The van der Waals surface area contributed by atoms with E-state index in [9.17, 15) is 0 Å².